The molecule has 1 saturated carbocycles. The molecule has 120 valence electrons. The summed E-state index contributed by atoms with van der Waals surface area (Å²) in [6, 6.07) is 0.0845. The van der Waals surface area contributed by atoms with Crippen molar-refractivity contribution >= 4 is 12.0 Å². The monoisotopic (exact) mass is 296 g/mol. The molecule has 2 aliphatic rings. The maximum atomic E-state index is 12.6. The highest BCUT2D eigenvalue weighted by molar-refractivity contribution is 5.86. The number of rotatable bonds is 3. The van der Waals surface area contributed by atoms with Crippen LogP contribution in [0.15, 0.2) is 0 Å². The quantitative estimate of drug-likeness (QED) is 0.786. The van der Waals surface area contributed by atoms with Crippen LogP contribution >= 0.6 is 0 Å². The minimum absolute atomic E-state index is 0.175. The van der Waals surface area contributed by atoms with Crippen molar-refractivity contribution in [3.05, 3.63) is 0 Å². The van der Waals surface area contributed by atoms with E-state index in [1.807, 2.05) is 4.90 Å². The van der Waals surface area contributed by atoms with Gasteiger partial charge in [0, 0.05) is 12.6 Å². The van der Waals surface area contributed by atoms with Gasteiger partial charge in [-0.3, -0.25) is 0 Å². The van der Waals surface area contributed by atoms with Gasteiger partial charge in [-0.2, -0.15) is 0 Å². The molecule has 1 unspecified atom stereocenters. The van der Waals surface area contributed by atoms with E-state index in [1.165, 1.54) is 0 Å². The summed E-state index contributed by atoms with van der Waals surface area (Å²) in [6.45, 7) is 2.84. The lowest BCUT2D eigenvalue weighted by Crippen LogP contribution is -2.59. The Balaban J connectivity index is 2.08. The van der Waals surface area contributed by atoms with Gasteiger partial charge in [0.2, 0.25) is 0 Å². The van der Waals surface area contributed by atoms with Gasteiger partial charge in [0.15, 0.2) is 0 Å². The third kappa shape index (κ3) is 3.69. The van der Waals surface area contributed by atoms with E-state index in [-0.39, 0.29) is 12.1 Å². The second-order valence-corrected chi connectivity index (χ2v) is 6.48. The molecule has 0 aromatic heterocycles. The van der Waals surface area contributed by atoms with Crippen LogP contribution in [-0.4, -0.2) is 40.1 Å². The highest BCUT2D eigenvalue weighted by Crippen LogP contribution is 2.28. The molecular formula is C16H28N2O3. The fourth-order valence-electron chi connectivity index (χ4n) is 3.69. The number of carboxylic acids is 1. The maximum absolute atomic E-state index is 12.6. The topological polar surface area (TPSA) is 69.6 Å². The van der Waals surface area contributed by atoms with Gasteiger partial charge >= 0.3 is 12.0 Å². The number of carboxylic acid groups (broad SMARTS) is 1. The van der Waals surface area contributed by atoms with Crippen LogP contribution in [0.5, 0.6) is 0 Å². The SMILES string of the molecule is CCC1CCCCN1C(=O)NC1(C(=O)O)CCCCCC1. The molecule has 1 atom stereocenters. The number of piperidine rings is 1. The Kier molecular flexibility index (Phi) is 5.48. The average molecular weight is 296 g/mol. The molecular weight excluding hydrogens is 268 g/mol. The number of urea groups is 1. The summed E-state index contributed by atoms with van der Waals surface area (Å²) in [5.74, 6) is -0.872. The molecule has 0 spiro atoms. The predicted molar refractivity (Wildman–Crippen MR) is 81.2 cm³/mol. The Morgan fingerprint density at radius 1 is 1.14 bits per heavy atom. The minimum atomic E-state index is -1.05. The van der Waals surface area contributed by atoms with Crippen LogP contribution in [0.2, 0.25) is 0 Å². The zero-order chi connectivity index (χ0) is 15.3. The number of hydrogen-bond acceptors (Lipinski definition) is 2. The van der Waals surface area contributed by atoms with Crippen LogP contribution < -0.4 is 5.32 Å². The molecule has 5 heteroatoms. The molecule has 1 aliphatic heterocycles. The van der Waals surface area contributed by atoms with E-state index in [2.05, 4.69) is 12.2 Å². The molecule has 21 heavy (non-hydrogen) atoms. The van der Waals surface area contributed by atoms with Crippen LogP contribution in [0.1, 0.15) is 71.1 Å². The molecule has 1 aliphatic carbocycles. The summed E-state index contributed by atoms with van der Waals surface area (Å²) >= 11 is 0. The number of carbonyl (C=O) groups excluding carboxylic acids is 1. The van der Waals surface area contributed by atoms with E-state index in [0.717, 1.165) is 57.9 Å². The van der Waals surface area contributed by atoms with Crippen LogP contribution in [0, 0.1) is 0 Å². The molecule has 0 aromatic carbocycles. The summed E-state index contributed by atoms with van der Waals surface area (Å²) in [4.78, 5) is 26.2. The smallest absolute Gasteiger partial charge is 0.329 e. The predicted octanol–water partition coefficient (Wildman–Crippen LogP) is 3.14. The Morgan fingerprint density at radius 3 is 2.38 bits per heavy atom. The molecule has 1 saturated heterocycles. The number of aliphatic carboxylic acids is 1. The lowest BCUT2D eigenvalue weighted by atomic mass is 9.90. The van der Waals surface area contributed by atoms with Crippen molar-refractivity contribution in [1.29, 1.82) is 0 Å². The van der Waals surface area contributed by atoms with E-state index >= 15 is 0 Å². The van der Waals surface area contributed by atoms with Crippen molar-refractivity contribution in [2.24, 2.45) is 0 Å². The van der Waals surface area contributed by atoms with Gasteiger partial charge in [-0.15, -0.1) is 0 Å². The van der Waals surface area contributed by atoms with Crippen molar-refractivity contribution in [2.45, 2.75) is 82.7 Å². The number of nitrogens with one attached hydrogen (secondary N) is 1. The van der Waals surface area contributed by atoms with Gasteiger partial charge in [-0.05, 0) is 38.5 Å². The van der Waals surface area contributed by atoms with E-state index in [9.17, 15) is 14.7 Å². The van der Waals surface area contributed by atoms with Gasteiger partial charge in [0.25, 0.3) is 0 Å². The Bertz CT molecular complexity index is 376. The molecule has 0 aromatic rings. The summed E-state index contributed by atoms with van der Waals surface area (Å²) < 4.78 is 0. The van der Waals surface area contributed by atoms with E-state index < -0.39 is 11.5 Å². The zero-order valence-electron chi connectivity index (χ0n) is 13.1. The Labute approximate surface area is 127 Å². The zero-order valence-corrected chi connectivity index (χ0v) is 13.1. The first-order valence-electron chi connectivity index (χ1n) is 8.41. The van der Waals surface area contributed by atoms with Crippen molar-refractivity contribution in [2.75, 3.05) is 6.54 Å². The summed E-state index contributed by atoms with van der Waals surface area (Å²) in [5, 5.41) is 12.5. The van der Waals surface area contributed by atoms with Gasteiger partial charge in [-0.25, -0.2) is 9.59 Å². The third-order valence-corrected chi connectivity index (χ3v) is 5.07. The van der Waals surface area contributed by atoms with Crippen LogP contribution in [0.25, 0.3) is 0 Å². The lowest BCUT2D eigenvalue weighted by molar-refractivity contribution is -0.145. The second-order valence-electron chi connectivity index (χ2n) is 6.48. The average Bonchev–Trinajstić information content (AvgIpc) is 2.73. The van der Waals surface area contributed by atoms with Gasteiger partial charge < -0.3 is 15.3 Å². The first-order chi connectivity index (χ1) is 10.1. The molecule has 5 nitrogen and oxygen atoms in total. The van der Waals surface area contributed by atoms with Crippen molar-refractivity contribution in [3.8, 4) is 0 Å². The lowest BCUT2D eigenvalue weighted by Gasteiger charge is -2.38. The van der Waals surface area contributed by atoms with Gasteiger partial charge in [0.05, 0.1) is 0 Å². The van der Waals surface area contributed by atoms with E-state index in [1.54, 1.807) is 0 Å². The Hall–Kier alpha value is -1.26. The first kappa shape index (κ1) is 16.1. The number of likely N-dealkylation sites (tertiary alicyclic amines) is 1. The number of carbonyl (C=O) groups is 2. The van der Waals surface area contributed by atoms with Gasteiger partial charge in [0.1, 0.15) is 5.54 Å². The van der Waals surface area contributed by atoms with Gasteiger partial charge in [-0.1, -0.05) is 32.6 Å². The van der Waals surface area contributed by atoms with Crippen LogP contribution in [-0.2, 0) is 4.79 Å². The summed E-state index contributed by atoms with van der Waals surface area (Å²) in [7, 11) is 0. The van der Waals surface area contributed by atoms with Crippen molar-refractivity contribution < 1.29 is 14.7 Å². The first-order valence-corrected chi connectivity index (χ1v) is 8.41. The maximum Gasteiger partial charge on any atom is 0.329 e. The van der Waals surface area contributed by atoms with Crippen LogP contribution in [0.3, 0.4) is 0 Å². The third-order valence-electron chi connectivity index (χ3n) is 5.07. The highest BCUT2D eigenvalue weighted by Gasteiger charge is 2.41. The van der Waals surface area contributed by atoms with Crippen molar-refractivity contribution in [1.82, 2.24) is 10.2 Å². The highest BCUT2D eigenvalue weighted by atomic mass is 16.4. The molecule has 0 bridgehead atoms. The minimum Gasteiger partial charge on any atom is -0.480 e. The molecule has 2 amide bonds. The molecule has 2 rings (SSSR count). The Morgan fingerprint density at radius 2 is 1.81 bits per heavy atom. The number of hydrogen-bond donors (Lipinski definition) is 2. The van der Waals surface area contributed by atoms with Crippen molar-refractivity contribution in [3.63, 3.8) is 0 Å². The fraction of sp³-hybridized carbons (Fsp3) is 0.875. The second kappa shape index (κ2) is 7.14. The summed E-state index contributed by atoms with van der Waals surface area (Å²) in [5.41, 5.74) is -1.05. The molecule has 2 fully saturated rings. The molecule has 0 radical (unpaired) electrons. The number of amides is 2. The molecule has 2 N–H and O–H groups in total. The van der Waals surface area contributed by atoms with Crippen LogP contribution in [0.4, 0.5) is 4.79 Å². The summed E-state index contributed by atoms with van der Waals surface area (Å²) in [6.07, 6.45) is 9.14. The molecule has 1 heterocycles. The normalized spacial score (nSPS) is 26.0. The standard InChI is InChI=1S/C16H28N2O3/c1-2-13-9-5-8-12-18(13)15(21)17-16(14(19)20)10-6-3-4-7-11-16/h13H,2-12H2,1H3,(H,17,21)(H,19,20). The number of nitrogens with zero attached hydrogens (tertiary/aromatic N) is 1. The van der Waals surface area contributed by atoms with E-state index in [4.69, 9.17) is 0 Å². The largest absolute Gasteiger partial charge is 0.480 e. The fourth-order valence-corrected chi connectivity index (χ4v) is 3.69. The van der Waals surface area contributed by atoms with E-state index in [0.29, 0.717) is 12.8 Å².